The summed E-state index contributed by atoms with van der Waals surface area (Å²) in [6.45, 7) is 7.74. The van der Waals surface area contributed by atoms with Crippen LogP contribution in [0.25, 0.3) is 12.2 Å². The Morgan fingerprint density at radius 3 is 2.20 bits per heavy atom. The standard InChI is InChI=1S/C33H32F3N3O4S/c1-20-7-8-21(15-26(20)39(42)43)19-38-30(18-28(40)22-9-12-24(13-10-22)32(2,3)4)44-29(31(38)41)16-23-11-14-25(33(34,35)36)17-27(23)37(5)6/h7-18H,19H2,1-6H3/b29-16+,30-18-. The number of halogens is 3. The second-order valence-corrected chi connectivity index (χ2v) is 12.8. The van der Waals surface area contributed by atoms with E-state index in [9.17, 15) is 32.9 Å². The van der Waals surface area contributed by atoms with Crippen LogP contribution in [0, 0.1) is 17.0 Å². The molecule has 0 saturated carbocycles. The van der Waals surface area contributed by atoms with Gasteiger partial charge in [-0.1, -0.05) is 63.2 Å². The Labute approximate surface area is 256 Å². The third kappa shape index (κ3) is 7.16. The van der Waals surface area contributed by atoms with Crippen molar-refractivity contribution in [3.05, 3.63) is 124 Å². The maximum Gasteiger partial charge on any atom is 0.416 e. The van der Waals surface area contributed by atoms with Crippen molar-refractivity contribution in [1.82, 2.24) is 4.57 Å². The molecule has 0 aliphatic rings. The van der Waals surface area contributed by atoms with E-state index in [2.05, 4.69) is 20.8 Å². The molecule has 4 aromatic rings. The number of hydrogen-bond acceptors (Lipinski definition) is 6. The third-order valence-corrected chi connectivity index (χ3v) is 8.22. The van der Waals surface area contributed by atoms with E-state index >= 15 is 0 Å². The molecular weight excluding hydrogens is 591 g/mol. The molecule has 0 aliphatic carbocycles. The third-order valence-electron chi connectivity index (χ3n) is 7.16. The number of rotatable bonds is 7. The second-order valence-electron chi connectivity index (χ2n) is 11.7. The summed E-state index contributed by atoms with van der Waals surface area (Å²) in [5, 5.41) is 11.5. The van der Waals surface area contributed by atoms with Crippen LogP contribution in [0.4, 0.5) is 24.5 Å². The van der Waals surface area contributed by atoms with Gasteiger partial charge in [-0.3, -0.25) is 24.3 Å². The molecule has 0 radical (unpaired) electrons. The largest absolute Gasteiger partial charge is 0.416 e. The van der Waals surface area contributed by atoms with Crippen molar-refractivity contribution in [3.63, 3.8) is 0 Å². The summed E-state index contributed by atoms with van der Waals surface area (Å²) in [5.74, 6) is -0.342. The molecule has 0 unspecified atom stereocenters. The van der Waals surface area contributed by atoms with Gasteiger partial charge in [-0.05, 0) is 47.2 Å². The van der Waals surface area contributed by atoms with Gasteiger partial charge in [0, 0.05) is 43.1 Å². The van der Waals surface area contributed by atoms with E-state index < -0.39 is 22.2 Å². The van der Waals surface area contributed by atoms with Crippen molar-refractivity contribution in [2.24, 2.45) is 0 Å². The average Bonchev–Trinajstić information content (AvgIpc) is 3.21. The molecule has 0 saturated heterocycles. The van der Waals surface area contributed by atoms with E-state index in [1.165, 1.54) is 33.8 Å². The Kier molecular flexibility index (Phi) is 9.01. The molecule has 0 atom stereocenters. The molecule has 1 aromatic heterocycles. The van der Waals surface area contributed by atoms with Gasteiger partial charge in [0.2, 0.25) is 0 Å². The molecule has 0 bridgehead atoms. The van der Waals surface area contributed by atoms with Crippen LogP contribution in [0.2, 0.25) is 0 Å². The Hall–Kier alpha value is -4.51. The van der Waals surface area contributed by atoms with Gasteiger partial charge in [0.25, 0.3) is 11.2 Å². The van der Waals surface area contributed by atoms with E-state index in [1.54, 1.807) is 45.3 Å². The predicted molar refractivity (Wildman–Crippen MR) is 168 cm³/mol. The molecule has 7 nitrogen and oxygen atoms in total. The van der Waals surface area contributed by atoms with Crippen LogP contribution in [0.5, 0.6) is 0 Å². The van der Waals surface area contributed by atoms with Crippen LogP contribution in [0.1, 0.15) is 58.9 Å². The lowest BCUT2D eigenvalue weighted by molar-refractivity contribution is -0.385. The zero-order valence-corrected chi connectivity index (χ0v) is 26.0. The number of benzene rings is 3. The Bertz CT molecular complexity index is 1920. The lowest BCUT2D eigenvalue weighted by atomic mass is 9.86. The second kappa shape index (κ2) is 12.2. The number of anilines is 1. The summed E-state index contributed by atoms with van der Waals surface area (Å²) in [4.78, 5) is 39.7. The number of hydrogen-bond donors (Lipinski definition) is 0. The minimum Gasteiger partial charge on any atom is -0.377 e. The molecule has 4 rings (SSSR count). The number of Topliss-reactive ketones (excluding diaryl/α,β-unsaturated/α-hetero) is 1. The number of nitro groups is 1. The van der Waals surface area contributed by atoms with Gasteiger partial charge in [0.05, 0.1) is 21.6 Å². The van der Waals surface area contributed by atoms with E-state index in [0.29, 0.717) is 26.9 Å². The van der Waals surface area contributed by atoms with Crippen molar-refractivity contribution in [3.8, 4) is 0 Å². The van der Waals surface area contributed by atoms with Crippen LogP contribution in [-0.4, -0.2) is 29.4 Å². The fourth-order valence-electron chi connectivity index (χ4n) is 4.63. The van der Waals surface area contributed by atoms with Gasteiger partial charge in [0.1, 0.15) is 4.66 Å². The van der Waals surface area contributed by atoms with E-state index in [-0.39, 0.29) is 33.7 Å². The number of thiazole rings is 1. The quantitative estimate of drug-likeness (QED) is 0.142. The highest BCUT2D eigenvalue weighted by atomic mass is 32.1. The van der Waals surface area contributed by atoms with Crippen LogP contribution >= 0.6 is 11.3 Å². The Morgan fingerprint density at radius 2 is 1.64 bits per heavy atom. The van der Waals surface area contributed by atoms with Crippen molar-refractivity contribution >= 4 is 40.6 Å². The normalized spacial score (nSPS) is 12.9. The zero-order chi connectivity index (χ0) is 32.6. The van der Waals surface area contributed by atoms with Crippen molar-refractivity contribution < 1.29 is 22.9 Å². The first-order chi connectivity index (χ1) is 20.5. The van der Waals surface area contributed by atoms with Gasteiger partial charge >= 0.3 is 6.18 Å². The average molecular weight is 624 g/mol. The van der Waals surface area contributed by atoms with Crippen LogP contribution in [0.15, 0.2) is 65.5 Å². The SMILES string of the molecule is Cc1ccc(Cn2c(=O)/c(=C\c3ccc(C(F)(F)F)cc3N(C)C)s/c2=C\C(=O)c2ccc(C(C)(C)C)cc2)cc1[N+](=O)[O-]. The molecule has 0 spiro atoms. The van der Waals surface area contributed by atoms with E-state index in [1.807, 2.05) is 12.1 Å². The topological polar surface area (TPSA) is 85.5 Å². The summed E-state index contributed by atoms with van der Waals surface area (Å²) in [6.07, 6.45) is -1.70. The predicted octanol–water partition coefficient (Wildman–Crippen LogP) is 6.05. The first kappa shape index (κ1) is 32.4. The van der Waals surface area contributed by atoms with Gasteiger partial charge in [-0.15, -0.1) is 11.3 Å². The summed E-state index contributed by atoms with van der Waals surface area (Å²) >= 11 is 1.02. The number of alkyl halides is 3. The number of nitrogens with zero attached hydrogens (tertiary/aromatic N) is 3. The maximum atomic E-state index is 13.7. The summed E-state index contributed by atoms with van der Waals surface area (Å²) < 4.78 is 42.1. The summed E-state index contributed by atoms with van der Waals surface area (Å²) in [6, 6.07) is 15.1. The van der Waals surface area contributed by atoms with Gasteiger partial charge < -0.3 is 4.90 Å². The summed E-state index contributed by atoms with van der Waals surface area (Å²) in [7, 11) is 3.21. The van der Waals surface area contributed by atoms with Gasteiger partial charge in [-0.25, -0.2) is 0 Å². The fraction of sp³-hybridized carbons (Fsp3) is 0.273. The molecule has 44 heavy (non-hydrogen) atoms. The number of aryl methyl sites for hydroxylation is 1. The van der Waals surface area contributed by atoms with E-state index in [0.717, 1.165) is 29.0 Å². The molecule has 1 heterocycles. The molecular formula is C33H32F3N3O4S. The monoisotopic (exact) mass is 623 g/mol. The molecule has 0 aliphatic heterocycles. The number of nitro benzene ring substituents is 1. The van der Waals surface area contributed by atoms with E-state index in [4.69, 9.17) is 0 Å². The fourth-order valence-corrected chi connectivity index (χ4v) is 5.66. The molecule has 11 heteroatoms. The lowest BCUT2D eigenvalue weighted by Gasteiger charge is -2.18. The molecule has 0 fully saturated rings. The zero-order valence-electron chi connectivity index (χ0n) is 25.2. The summed E-state index contributed by atoms with van der Waals surface area (Å²) in [5.41, 5.74) is 1.55. The van der Waals surface area contributed by atoms with Crippen LogP contribution in [-0.2, 0) is 18.1 Å². The van der Waals surface area contributed by atoms with Gasteiger partial charge in [-0.2, -0.15) is 13.2 Å². The maximum absolute atomic E-state index is 13.7. The van der Waals surface area contributed by atoms with Crippen LogP contribution < -0.4 is 19.7 Å². The lowest BCUT2D eigenvalue weighted by Crippen LogP contribution is -2.32. The van der Waals surface area contributed by atoms with Gasteiger partial charge in [0.15, 0.2) is 5.78 Å². The highest BCUT2D eigenvalue weighted by molar-refractivity contribution is 7.07. The smallest absolute Gasteiger partial charge is 0.377 e. The number of carbonyl (C=O) groups excluding carboxylic acids is 1. The van der Waals surface area contributed by atoms with Crippen molar-refractivity contribution in [1.29, 1.82) is 0 Å². The van der Waals surface area contributed by atoms with Crippen LogP contribution in [0.3, 0.4) is 0 Å². The molecule has 0 amide bonds. The first-order valence-corrected chi connectivity index (χ1v) is 14.5. The number of carbonyl (C=O) groups is 1. The molecule has 0 N–H and O–H groups in total. The highest BCUT2D eigenvalue weighted by Crippen LogP contribution is 2.33. The first-order valence-electron chi connectivity index (χ1n) is 13.7. The minimum absolute atomic E-state index is 0.0556. The Morgan fingerprint density at radius 1 is 1.00 bits per heavy atom. The highest BCUT2D eigenvalue weighted by Gasteiger charge is 2.31. The molecule has 3 aromatic carbocycles. The Balaban J connectivity index is 1.90. The van der Waals surface area contributed by atoms with Crippen molar-refractivity contribution in [2.45, 2.75) is 45.8 Å². The molecule has 230 valence electrons. The minimum atomic E-state index is -4.54. The number of ketones is 1. The van der Waals surface area contributed by atoms with Crippen molar-refractivity contribution in [2.75, 3.05) is 19.0 Å². The number of aromatic nitrogens is 1.